The number of amides is 2. The van der Waals surface area contributed by atoms with Crippen molar-refractivity contribution in [1.82, 2.24) is 25.1 Å². The fourth-order valence-electron chi connectivity index (χ4n) is 4.71. The average Bonchev–Trinajstić information content (AvgIpc) is 3.26. The highest BCUT2D eigenvalue weighted by molar-refractivity contribution is 6.30. The van der Waals surface area contributed by atoms with Crippen molar-refractivity contribution in [3.63, 3.8) is 0 Å². The van der Waals surface area contributed by atoms with Crippen LogP contribution in [0.5, 0.6) is 0 Å². The van der Waals surface area contributed by atoms with E-state index in [0.29, 0.717) is 17.1 Å². The summed E-state index contributed by atoms with van der Waals surface area (Å²) in [6.07, 6.45) is 5.12. The van der Waals surface area contributed by atoms with Gasteiger partial charge in [-0.2, -0.15) is 5.10 Å². The van der Waals surface area contributed by atoms with Gasteiger partial charge in [0.25, 0.3) is 5.91 Å². The summed E-state index contributed by atoms with van der Waals surface area (Å²) in [5.41, 5.74) is 7.04. The van der Waals surface area contributed by atoms with E-state index in [9.17, 15) is 14.0 Å². The lowest BCUT2D eigenvalue weighted by Crippen LogP contribution is -2.45. The molecule has 1 aromatic heterocycles. The predicted molar refractivity (Wildman–Crippen MR) is 137 cm³/mol. The first-order valence-electron chi connectivity index (χ1n) is 12.0. The molecule has 1 fully saturated rings. The molecule has 3 heterocycles. The predicted octanol–water partition coefficient (Wildman–Crippen LogP) is 4.70. The molecule has 0 saturated carbocycles. The zero-order valence-electron chi connectivity index (χ0n) is 20.0. The lowest BCUT2D eigenvalue weighted by Gasteiger charge is -2.29. The van der Waals surface area contributed by atoms with E-state index in [0.717, 1.165) is 54.9 Å². The van der Waals surface area contributed by atoms with Gasteiger partial charge in [0.05, 0.1) is 17.9 Å². The maximum Gasteiger partial charge on any atom is 0.286 e. The first-order valence-corrected chi connectivity index (χ1v) is 12.4. The molecule has 2 amide bonds. The maximum absolute atomic E-state index is 13.5. The van der Waals surface area contributed by atoms with Crippen LogP contribution in [0.1, 0.15) is 53.5 Å². The molecule has 0 bridgehead atoms. The quantitative estimate of drug-likeness (QED) is 0.556. The number of carbonyl (C=O) groups excluding carboxylic acids is 2. The Morgan fingerprint density at radius 1 is 1.00 bits per heavy atom. The van der Waals surface area contributed by atoms with Crippen LogP contribution < -0.4 is 5.43 Å². The van der Waals surface area contributed by atoms with Crippen molar-refractivity contribution in [1.29, 1.82) is 0 Å². The Labute approximate surface area is 214 Å². The zero-order valence-corrected chi connectivity index (χ0v) is 20.8. The van der Waals surface area contributed by atoms with Crippen LogP contribution >= 0.6 is 11.6 Å². The Balaban J connectivity index is 1.64. The van der Waals surface area contributed by atoms with Gasteiger partial charge in [0.1, 0.15) is 5.82 Å². The normalized spacial score (nSPS) is 17.2. The Kier molecular flexibility index (Phi) is 6.89. The van der Waals surface area contributed by atoms with E-state index in [-0.39, 0.29) is 29.9 Å². The third kappa shape index (κ3) is 5.05. The average molecular weight is 508 g/mol. The molecule has 2 aliphatic heterocycles. The van der Waals surface area contributed by atoms with E-state index < -0.39 is 0 Å². The Bertz CT molecular complexity index is 1310. The second-order valence-electron chi connectivity index (χ2n) is 9.15. The number of aromatic nitrogens is 2. The van der Waals surface area contributed by atoms with Crippen molar-refractivity contribution in [3.05, 3.63) is 81.9 Å². The van der Waals surface area contributed by atoms with Crippen molar-refractivity contribution in [2.45, 2.75) is 32.7 Å². The second-order valence-corrected chi connectivity index (χ2v) is 9.59. The largest absolute Gasteiger partial charge is 0.334 e. The number of hydrazine groups is 1. The van der Waals surface area contributed by atoms with E-state index >= 15 is 0 Å². The lowest BCUT2D eigenvalue weighted by atomic mass is 9.97. The molecular weight excluding hydrogens is 481 g/mol. The van der Waals surface area contributed by atoms with Crippen LogP contribution in [0.25, 0.3) is 17.3 Å². The van der Waals surface area contributed by atoms with E-state index in [1.807, 2.05) is 23.2 Å². The molecule has 7 nitrogen and oxygen atoms in total. The van der Waals surface area contributed by atoms with E-state index in [4.69, 9.17) is 16.7 Å². The Morgan fingerprint density at radius 3 is 2.36 bits per heavy atom. The third-order valence-electron chi connectivity index (χ3n) is 6.56. The minimum atomic E-state index is -0.324. The molecule has 2 aromatic carbocycles. The van der Waals surface area contributed by atoms with Crippen LogP contribution in [-0.4, -0.2) is 51.1 Å². The van der Waals surface area contributed by atoms with Crippen molar-refractivity contribution in [2.24, 2.45) is 0 Å². The standard InChI is InChI=1S/C27H27ClFN5O2/c1-18(35)32-16-20(15-19-5-9-22(29)10-6-19)26-24(17-32)25(27(36)31-33-13-3-2-4-14-33)30-34(26)23-11-7-21(28)8-12-23/h5-12,15H,2-4,13-14,16-17H2,1H3,(H,31,36)/b20-15+. The van der Waals surface area contributed by atoms with Crippen molar-refractivity contribution in [3.8, 4) is 5.69 Å². The second kappa shape index (κ2) is 10.2. The van der Waals surface area contributed by atoms with Crippen LogP contribution in [0.4, 0.5) is 4.39 Å². The van der Waals surface area contributed by atoms with Gasteiger partial charge >= 0.3 is 0 Å². The number of benzene rings is 2. The van der Waals surface area contributed by atoms with Gasteiger partial charge < -0.3 is 4.90 Å². The highest BCUT2D eigenvalue weighted by atomic mass is 35.5. The number of nitrogens with zero attached hydrogens (tertiary/aromatic N) is 4. The molecule has 0 unspecified atom stereocenters. The van der Waals surface area contributed by atoms with Gasteiger partial charge in [0, 0.05) is 37.1 Å². The summed E-state index contributed by atoms with van der Waals surface area (Å²) in [6, 6.07) is 13.4. The van der Waals surface area contributed by atoms with Gasteiger partial charge in [-0.3, -0.25) is 15.0 Å². The molecule has 9 heteroatoms. The first kappa shape index (κ1) is 24.2. The molecule has 0 radical (unpaired) electrons. The highest BCUT2D eigenvalue weighted by Crippen LogP contribution is 2.34. The Morgan fingerprint density at radius 2 is 1.69 bits per heavy atom. The van der Waals surface area contributed by atoms with Gasteiger partial charge in [-0.05, 0) is 66.5 Å². The van der Waals surface area contributed by atoms with E-state index in [2.05, 4.69) is 5.43 Å². The summed E-state index contributed by atoms with van der Waals surface area (Å²) in [5.74, 6) is -0.727. The molecule has 1 N–H and O–H groups in total. The fourth-order valence-corrected chi connectivity index (χ4v) is 4.83. The summed E-state index contributed by atoms with van der Waals surface area (Å²) < 4.78 is 15.3. The summed E-state index contributed by atoms with van der Waals surface area (Å²) >= 11 is 6.12. The summed E-state index contributed by atoms with van der Waals surface area (Å²) in [6.45, 7) is 3.70. The number of rotatable bonds is 4. The molecule has 0 aliphatic carbocycles. The zero-order chi connectivity index (χ0) is 25.2. The van der Waals surface area contributed by atoms with E-state index in [1.165, 1.54) is 19.1 Å². The number of piperidine rings is 1. The van der Waals surface area contributed by atoms with Crippen molar-refractivity contribution in [2.75, 3.05) is 19.6 Å². The smallest absolute Gasteiger partial charge is 0.286 e. The minimum absolute atomic E-state index is 0.104. The van der Waals surface area contributed by atoms with Gasteiger partial charge in [-0.25, -0.2) is 14.1 Å². The molecular formula is C27H27ClFN5O2. The minimum Gasteiger partial charge on any atom is -0.334 e. The molecule has 36 heavy (non-hydrogen) atoms. The fraction of sp³-hybridized carbons (Fsp3) is 0.296. The van der Waals surface area contributed by atoms with Crippen LogP contribution in [0.3, 0.4) is 0 Å². The number of fused-ring (bicyclic) bond motifs is 1. The monoisotopic (exact) mass is 507 g/mol. The molecule has 2 aliphatic rings. The van der Waals surface area contributed by atoms with Gasteiger partial charge in [0.2, 0.25) is 5.91 Å². The summed E-state index contributed by atoms with van der Waals surface area (Å²) in [7, 11) is 0. The Hall–Kier alpha value is -3.49. The number of halogens is 2. The molecule has 5 rings (SSSR count). The molecule has 1 saturated heterocycles. The van der Waals surface area contributed by atoms with Gasteiger partial charge in [-0.1, -0.05) is 30.2 Å². The number of nitrogens with one attached hydrogen (secondary N) is 1. The maximum atomic E-state index is 13.5. The highest BCUT2D eigenvalue weighted by Gasteiger charge is 2.33. The molecule has 0 spiro atoms. The van der Waals surface area contributed by atoms with Crippen LogP contribution in [0.15, 0.2) is 48.5 Å². The number of hydrogen-bond donors (Lipinski definition) is 1. The van der Waals surface area contributed by atoms with Crippen LogP contribution in [0.2, 0.25) is 5.02 Å². The van der Waals surface area contributed by atoms with Crippen molar-refractivity contribution >= 4 is 35.1 Å². The number of hydrogen-bond acceptors (Lipinski definition) is 4. The topological polar surface area (TPSA) is 70.5 Å². The summed E-state index contributed by atoms with van der Waals surface area (Å²) in [5, 5.41) is 7.27. The number of carbonyl (C=O) groups is 2. The first-order chi connectivity index (χ1) is 17.4. The molecule has 186 valence electrons. The van der Waals surface area contributed by atoms with Gasteiger partial charge in [-0.15, -0.1) is 0 Å². The molecule has 3 aromatic rings. The van der Waals surface area contributed by atoms with Crippen LogP contribution in [-0.2, 0) is 11.3 Å². The van der Waals surface area contributed by atoms with Crippen molar-refractivity contribution < 1.29 is 14.0 Å². The van der Waals surface area contributed by atoms with E-state index in [1.54, 1.807) is 33.8 Å². The van der Waals surface area contributed by atoms with Gasteiger partial charge in [0.15, 0.2) is 5.69 Å². The lowest BCUT2D eigenvalue weighted by molar-refractivity contribution is -0.128. The van der Waals surface area contributed by atoms with Crippen LogP contribution in [0, 0.1) is 5.82 Å². The summed E-state index contributed by atoms with van der Waals surface area (Å²) in [4.78, 5) is 27.6. The third-order valence-corrected chi connectivity index (χ3v) is 6.81. The molecule has 0 atom stereocenters. The SMILES string of the molecule is CC(=O)N1C/C(=C\c2ccc(F)cc2)c2c(c(C(=O)NN3CCCCC3)nn2-c2ccc(Cl)cc2)C1.